The number of nitrogens with zero attached hydrogens (tertiary/aromatic N) is 1. The largest absolute Gasteiger partial charge is 0.496 e. The van der Waals surface area contributed by atoms with Gasteiger partial charge < -0.3 is 14.3 Å². The Hall–Kier alpha value is -2.74. The van der Waals surface area contributed by atoms with E-state index in [1.165, 1.54) is 12.1 Å². The molecule has 0 aliphatic rings. The Morgan fingerprint density at radius 1 is 1.43 bits per heavy atom. The zero-order chi connectivity index (χ0) is 15.4. The summed E-state index contributed by atoms with van der Waals surface area (Å²) in [4.78, 5) is 10.8. The quantitative estimate of drug-likeness (QED) is 0.912. The van der Waals surface area contributed by atoms with E-state index in [1.807, 2.05) is 25.1 Å². The van der Waals surface area contributed by atoms with Crippen LogP contribution in [0.1, 0.15) is 33.4 Å². The highest BCUT2D eigenvalue weighted by Gasteiger charge is 2.20. The summed E-state index contributed by atoms with van der Waals surface area (Å²) < 4.78 is 10.5. The predicted octanol–water partition coefficient (Wildman–Crippen LogP) is 3.14. The van der Waals surface area contributed by atoms with Crippen molar-refractivity contribution in [2.24, 2.45) is 0 Å². The number of nitriles is 1. The lowest BCUT2D eigenvalue weighted by Gasteiger charge is -2.11. The molecule has 108 valence electrons. The van der Waals surface area contributed by atoms with E-state index < -0.39 is 11.9 Å². The van der Waals surface area contributed by atoms with Gasteiger partial charge in [-0.3, -0.25) is 0 Å². The van der Waals surface area contributed by atoms with Gasteiger partial charge in [0.15, 0.2) is 0 Å². The molecule has 1 atom stereocenters. The summed E-state index contributed by atoms with van der Waals surface area (Å²) in [5.74, 6) is -0.828. The van der Waals surface area contributed by atoms with Gasteiger partial charge in [-0.05, 0) is 37.1 Å². The minimum atomic E-state index is -1.15. The summed E-state index contributed by atoms with van der Waals surface area (Å²) in [6, 6.07) is 10.8. The van der Waals surface area contributed by atoms with Crippen molar-refractivity contribution < 1.29 is 19.1 Å². The Kier molecular flexibility index (Phi) is 4.29. The second-order valence-corrected chi connectivity index (χ2v) is 4.71. The van der Waals surface area contributed by atoms with Gasteiger partial charge in [-0.15, -0.1) is 0 Å². The van der Waals surface area contributed by atoms with Crippen LogP contribution >= 0.6 is 0 Å². The van der Waals surface area contributed by atoms with Crippen LogP contribution in [0.2, 0.25) is 0 Å². The molecule has 0 amide bonds. The maximum atomic E-state index is 10.8. The van der Waals surface area contributed by atoms with Crippen LogP contribution in [0.15, 0.2) is 34.7 Å². The third kappa shape index (κ3) is 3.23. The second-order valence-electron chi connectivity index (χ2n) is 4.71. The molecule has 0 saturated heterocycles. The van der Waals surface area contributed by atoms with Gasteiger partial charge in [-0.2, -0.15) is 5.26 Å². The molecule has 21 heavy (non-hydrogen) atoms. The third-order valence-corrected chi connectivity index (χ3v) is 3.20. The molecule has 0 spiro atoms. The topological polar surface area (TPSA) is 83.5 Å². The van der Waals surface area contributed by atoms with Crippen molar-refractivity contribution in [2.45, 2.75) is 19.3 Å². The SMILES string of the molecule is COc1ccc(C)cc1CC(C#N)c1ccc(C(=O)O)o1. The first-order valence-electron chi connectivity index (χ1n) is 6.41. The Morgan fingerprint density at radius 3 is 2.76 bits per heavy atom. The summed E-state index contributed by atoms with van der Waals surface area (Å²) in [7, 11) is 1.57. The number of rotatable bonds is 5. The van der Waals surface area contributed by atoms with Crippen LogP contribution < -0.4 is 4.74 Å². The smallest absolute Gasteiger partial charge is 0.371 e. The van der Waals surface area contributed by atoms with Crippen LogP contribution in [0, 0.1) is 18.3 Å². The summed E-state index contributed by atoms with van der Waals surface area (Å²) in [5, 5.41) is 18.2. The van der Waals surface area contributed by atoms with Crippen LogP contribution in [0.25, 0.3) is 0 Å². The number of aromatic carboxylic acids is 1. The first kappa shape index (κ1) is 14.7. The van der Waals surface area contributed by atoms with E-state index in [-0.39, 0.29) is 5.76 Å². The molecular formula is C16H15NO4. The molecule has 2 rings (SSSR count). The zero-order valence-corrected chi connectivity index (χ0v) is 11.8. The molecule has 5 nitrogen and oxygen atoms in total. The van der Waals surface area contributed by atoms with E-state index in [0.29, 0.717) is 17.9 Å². The minimum absolute atomic E-state index is 0.165. The second kappa shape index (κ2) is 6.14. The molecule has 1 aromatic carbocycles. The lowest BCUT2D eigenvalue weighted by atomic mass is 9.96. The standard InChI is InChI=1S/C16H15NO4/c1-10-3-4-13(20-2)11(7-10)8-12(9-17)14-5-6-15(21-14)16(18)19/h3-7,12H,8H2,1-2H3,(H,18,19). The molecule has 0 radical (unpaired) electrons. The maximum Gasteiger partial charge on any atom is 0.371 e. The first-order valence-corrected chi connectivity index (χ1v) is 6.41. The molecule has 2 aromatic rings. The maximum absolute atomic E-state index is 10.8. The molecule has 1 heterocycles. The third-order valence-electron chi connectivity index (χ3n) is 3.20. The highest BCUT2D eigenvalue weighted by atomic mass is 16.5. The van der Waals surface area contributed by atoms with Crippen LogP contribution in [0.5, 0.6) is 5.75 Å². The van der Waals surface area contributed by atoms with Crippen LogP contribution in [0.3, 0.4) is 0 Å². The van der Waals surface area contributed by atoms with Gasteiger partial charge >= 0.3 is 5.97 Å². The predicted molar refractivity (Wildman–Crippen MR) is 75.5 cm³/mol. The molecular weight excluding hydrogens is 270 g/mol. The average Bonchev–Trinajstić information content (AvgIpc) is 2.94. The first-order chi connectivity index (χ1) is 10.0. The number of carboxylic acid groups (broad SMARTS) is 1. The van der Waals surface area contributed by atoms with Crippen molar-refractivity contribution in [3.05, 3.63) is 53.0 Å². The van der Waals surface area contributed by atoms with E-state index in [1.54, 1.807) is 7.11 Å². The van der Waals surface area contributed by atoms with Crippen LogP contribution in [-0.2, 0) is 6.42 Å². The fourth-order valence-corrected chi connectivity index (χ4v) is 2.15. The van der Waals surface area contributed by atoms with Crippen molar-refractivity contribution in [3.8, 4) is 11.8 Å². The number of benzene rings is 1. The summed E-state index contributed by atoms with van der Waals surface area (Å²) in [6.45, 7) is 1.96. The fourth-order valence-electron chi connectivity index (χ4n) is 2.15. The fraction of sp³-hybridized carbons (Fsp3) is 0.250. The van der Waals surface area contributed by atoms with Gasteiger partial charge in [-0.1, -0.05) is 17.7 Å². The van der Waals surface area contributed by atoms with E-state index in [4.69, 9.17) is 14.3 Å². The molecule has 0 fully saturated rings. The van der Waals surface area contributed by atoms with Gasteiger partial charge in [0.1, 0.15) is 17.4 Å². The van der Waals surface area contributed by atoms with Crippen molar-refractivity contribution >= 4 is 5.97 Å². The molecule has 0 aliphatic heterocycles. The molecule has 1 unspecified atom stereocenters. The lowest BCUT2D eigenvalue weighted by molar-refractivity contribution is 0.0660. The van der Waals surface area contributed by atoms with E-state index in [2.05, 4.69) is 6.07 Å². The number of furan rings is 1. The Bertz CT molecular complexity index is 697. The minimum Gasteiger partial charge on any atom is -0.496 e. The van der Waals surface area contributed by atoms with Crippen molar-refractivity contribution in [1.82, 2.24) is 0 Å². The summed E-state index contributed by atoms with van der Waals surface area (Å²) >= 11 is 0. The number of carboxylic acids is 1. The monoisotopic (exact) mass is 285 g/mol. The normalized spacial score (nSPS) is 11.7. The van der Waals surface area contributed by atoms with Crippen LogP contribution in [0.4, 0.5) is 0 Å². The number of methoxy groups -OCH3 is 1. The summed E-state index contributed by atoms with van der Waals surface area (Å²) in [5.41, 5.74) is 1.95. The van der Waals surface area contributed by atoms with Gasteiger partial charge in [-0.25, -0.2) is 4.79 Å². The van der Waals surface area contributed by atoms with Crippen molar-refractivity contribution in [1.29, 1.82) is 5.26 Å². The molecule has 5 heteroatoms. The zero-order valence-electron chi connectivity index (χ0n) is 11.8. The van der Waals surface area contributed by atoms with Crippen molar-refractivity contribution in [2.75, 3.05) is 7.11 Å². The number of ether oxygens (including phenoxy) is 1. The molecule has 0 aliphatic carbocycles. The summed E-state index contributed by atoms with van der Waals surface area (Å²) in [6.07, 6.45) is 0.397. The highest BCUT2D eigenvalue weighted by molar-refractivity contribution is 5.84. The van der Waals surface area contributed by atoms with E-state index >= 15 is 0 Å². The Morgan fingerprint density at radius 2 is 2.19 bits per heavy atom. The molecule has 0 saturated carbocycles. The Labute approximate surface area is 122 Å². The van der Waals surface area contributed by atoms with Gasteiger partial charge in [0.05, 0.1) is 13.2 Å². The van der Waals surface area contributed by atoms with Gasteiger partial charge in [0.2, 0.25) is 5.76 Å². The van der Waals surface area contributed by atoms with Gasteiger partial charge in [0.25, 0.3) is 0 Å². The highest BCUT2D eigenvalue weighted by Crippen LogP contribution is 2.28. The van der Waals surface area contributed by atoms with Crippen LogP contribution in [-0.4, -0.2) is 18.2 Å². The van der Waals surface area contributed by atoms with E-state index in [0.717, 1.165) is 11.1 Å². The molecule has 1 aromatic heterocycles. The molecule has 0 bridgehead atoms. The number of carbonyl (C=O) groups is 1. The number of hydrogen-bond donors (Lipinski definition) is 1. The van der Waals surface area contributed by atoms with E-state index in [9.17, 15) is 10.1 Å². The van der Waals surface area contributed by atoms with Gasteiger partial charge in [0, 0.05) is 0 Å². The lowest BCUT2D eigenvalue weighted by Crippen LogP contribution is -2.02. The molecule has 1 N–H and O–H groups in total. The average molecular weight is 285 g/mol. The number of hydrogen-bond acceptors (Lipinski definition) is 4. The Balaban J connectivity index is 2.29. The van der Waals surface area contributed by atoms with Crippen molar-refractivity contribution in [3.63, 3.8) is 0 Å². The number of aryl methyl sites for hydroxylation is 1.